The predicted octanol–water partition coefficient (Wildman–Crippen LogP) is 1.63. The second-order valence-electron chi connectivity index (χ2n) is 5.91. The van der Waals surface area contributed by atoms with Crippen LogP contribution in [0.15, 0.2) is 48.5 Å². The van der Waals surface area contributed by atoms with Gasteiger partial charge in [-0.15, -0.1) is 0 Å². The molecule has 2 N–H and O–H groups in total. The fraction of sp³-hybridized carbons (Fsp3) is 0.350. The number of quaternary nitrogens is 1. The number of carbonyl (C=O) groups is 1. The summed E-state index contributed by atoms with van der Waals surface area (Å²) < 4.78 is 16.2. The Labute approximate surface area is 154 Å². The second kappa shape index (κ2) is 10.3. The maximum Gasteiger partial charge on any atom is 0.279 e. The lowest BCUT2D eigenvalue weighted by Crippen LogP contribution is -3.10. The Morgan fingerprint density at radius 1 is 0.962 bits per heavy atom. The predicted molar refractivity (Wildman–Crippen MR) is 101 cm³/mol. The van der Waals surface area contributed by atoms with E-state index >= 15 is 0 Å². The van der Waals surface area contributed by atoms with Gasteiger partial charge in [0.1, 0.15) is 30.4 Å². The number of nitrogens with one attached hydrogen (secondary N) is 2. The van der Waals surface area contributed by atoms with Gasteiger partial charge in [-0.1, -0.05) is 0 Å². The van der Waals surface area contributed by atoms with E-state index in [1.807, 2.05) is 62.5 Å². The normalized spacial score (nSPS) is 11.5. The van der Waals surface area contributed by atoms with Crippen molar-refractivity contribution in [2.24, 2.45) is 0 Å². The van der Waals surface area contributed by atoms with Crippen molar-refractivity contribution in [2.45, 2.75) is 6.92 Å². The summed E-state index contributed by atoms with van der Waals surface area (Å²) in [6.45, 7) is 4.23. The van der Waals surface area contributed by atoms with E-state index in [-0.39, 0.29) is 5.91 Å². The van der Waals surface area contributed by atoms with Gasteiger partial charge in [-0.25, -0.2) is 0 Å². The highest BCUT2D eigenvalue weighted by molar-refractivity contribution is 5.91. The van der Waals surface area contributed by atoms with E-state index in [1.54, 1.807) is 7.11 Å². The first-order chi connectivity index (χ1) is 12.6. The molecule has 0 radical (unpaired) electrons. The summed E-state index contributed by atoms with van der Waals surface area (Å²) in [6, 6.07) is 14.8. The topological polar surface area (TPSA) is 61.2 Å². The van der Waals surface area contributed by atoms with Crippen LogP contribution >= 0.6 is 0 Å². The molecule has 1 unspecified atom stereocenters. The molecule has 1 amide bonds. The van der Waals surface area contributed by atoms with Gasteiger partial charge in [0, 0.05) is 5.69 Å². The van der Waals surface area contributed by atoms with E-state index in [0.29, 0.717) is 19.8 Å². The summed E-state index contributed by atoms with van der Waals surface area (Å²) in [4.78, 5) is 13.2. The molecule has 2 aromatic carbocycles. The molecule has 0 saturated heterocycles. The molecular weight excluding hydrogens is 332 g/mol. The van der Waals surface area contributed by atoms with E-state index < -0.39 is 0 Å². The van der Waals surface area contributed by atoms with Crippen LogP contribution in [0.4, 0.5) is 5.69 Å². The third-order valence-electron chi connectivity index (χ3n) is 3.77. The SMILES string of the molecule is CCOc1ccc(OCC[NH+](C)CC(=O)Nc2ccc(OC)cc2)cc1. The van der Waals surface area contributed by atoms with Crippen molar-refractivity contribution in [1.29, 1.82) is 0 Å². The van der Waals surface area contributed by atoms with Crippen LogP contribution in [0.3, 0.4) is 0 Å². The Hall–Kier alpha value is -2.73. The van der Waals surface area contributed by atoms with Crippen LogP contribution in [-0.2, 0) is 4.79 Å². The van der Waals surface area contributed by atoms with Crippen molar-refractivity contribution in [3.05, 3.63) is 48.5 Å². The van der Waals surface area contributed by atoms with Crippen molar-refractivity contribution < 1.29 is 23.9 Å². The molecule has 0 spiro atoms. The minimum atomic E-state index is -0.0336. The first-order valence-electron chi connectivity index (χ1n) is 8.71. The van der Waals surface area contributed by atoms with Gasteiger partial charge < -0.3 is 24.4 Å². The number of anilines is 1. The molecule has 0 aliphatic rings. The Bertz CT molecular complexity index is 671. The van der Waals surface area contributed by atoms with Crippen LogP contribution < -0.4 is 24.4 Å². The third-order valence-corrected chi connectivity index (χ3v) is 3.77. The van der Waals surface area contributed by atoms with Gasteiger partial charge in [0.2, 0.25) is 0 Å². The van der Waals surface area contributed by atoms with Gasteiger partial charge >= 0.3 is 0 Å². The Morgan fingerprint density at radius 3 is 2.12 bits per heavy atom. The van der Waals surface area contributed by atoms with Gasteiger partial charge in [0.05, 0.1) is 20.8 Å². The van der Waals surface area contributed by atoms with Crippen LogP contribution in [0.1, 0.15) is 6.92 Å². The van der Waals surface area contributed by atoms with Gasteiger partial charge in [-0.2, -0.15) is 0 Å². The number of methoxy groups -OCH3 is 1. The number of hydrogen-bond donors (Lipinski definition) is 2. The lowest BCUT2D eigenvalue weighted by atomic mass is 10.3. The van der Waals surface area contributed by atoms with Crippen LogP contribution in [-0.4, -0.2) is 46.4 Å². The largest absolute Gasteiger partial charge is 0.497 e. The summed E-state index contributed by atoms with van der Waals surface area (Å²) >= 11 is 0. The number of ether oxygens (including phenoxy) is 3. The maximum atomic E-state index is 12.1. The Balaban J connectivity index is 1.68. The Morgan fingerprint density at radius 2 is 1.54 bits per heavy atom. The summed E-state index contributed by atoms with van der Waals surface area (Å²) in [5.41, 5.74) is 0.759. The molecule has 0 aromatic heterocycles. The number of hydrogen-bond acceptors (Lipinski definition) is 4. The molecule has 2 rings (SSSR count). The summed E-state index contributed by atoms with van der Waals surface area (Å²) in [7, 11) is 3.58. The zero-order valence-electron chi connectivity index (χ0n) is 15.6. The zero-order chi connectivity index (χ0) is 18.8. The average Bonchev–Trinajstić information content (AvgIpc) is 2.64. The fourth-order valence-electron chi connectivity index (χ4n) is 2.38. The van der Waals surface area contributed by atoms with Gasteiger partial charge in [0.15, 0.2) is 6.54 Å². The lowest BCUT2D eigenvalue weighted by Gasteiger charge is -2.14. The van der Waals surface area contributed by atoms with Crippen LogP contribution in [0.2, 0.25) is 0 Å². The first-order valence-corrected chi connectivity index (χ1v) is 8.71. The third kappa shape index (κ3) is 6.64. The number of carbonyl (C=O) groups excluding carboxylic acids is 1. The maximum absolute atomic E-state index is 12.1. The van der Waals surface area contributed by atoms with Crippen molar-refractivity contribution in [3.8, 4) is 17.2 Å². The number of amides is 1. The van der Waals surface area contributed by atoms with Crippen LogP contribution in [0.25, 0.3) is 0 Å². The molecule has 1 atom stereocenters. The van der Waals surface area contributed by atoms with Gasteiger partial charge in [0.25, 0.3) is 5.91 Å². The van der Waals surface area contributed by atoms with E-state index in [0.717, 1.165) is 34.4 Å². The quantitative estimate of drug-likeness (QED) is 0.677. The highest BCUT2D eigenvalue weighted by Gasteiger charge is 2.10. The first kappa shape index (κ1) is 19.6. The average molecular weight is 359 g/mol. The zero-order valence-corrected chi connectivity index (χ0v) is 15.6. The Kier molecular flexibility index (Phi) is 7.76. The van der Waals surface area contributed by atoms with Gasteiger partial charge in [-0.05, 0) is 55.5 Å². The summed E-state index contributed by atoms with van der Waals surface area (Å²) in [5, 5.41) is 2.88. The molecule has 140 valence electrons. The molecule has 26 heavy (non-hydrogen) atoms. The number of benzene rings is 2. The van der Waals surface area contributed by atoms with Crippen LogP contribution in [0.5, 0.6) is 17.2 Å². The highest BCUT2D eigenvalue weighted by atomic mass is 16.5. The van der Waals surface area contributed by atoms with E-state index in [4.69, 9.17) is 14.2 Å². The van der Waals surface area contributed by atoms with Crippen molar-refractivity contribution >= 4 is 11.6 Å². The molecule has 6 heteroatoms. The highest BCUT2D eigenvalue weighted by Crippen LogP contribution is 2.17. The number of likely N-dealkylation sites (N-methyl/N-ethyl adjacent to an activating group) is 1. The fourth-order valence-corrected chi connectivity index (χ4v) is 2.38. The van der Waals surface area contributed by atoms with E-state index in [1.165, 1.54) is 0 Å². The minimum Gasteiger partial charge on any atom is -0.497 e. The summed E-state index contributed by atoms with van der Waals surface area (Å²) in [5.74, 6) is 2.35. The minimum absolute atomic E-state index is 0.0336. The van der Waals surface area contributed by atoms with Crippen molar-refractivity contribution in [2.75, 3.05) is 45.8 Å². The van der Waals surface area contributed by atoms with Crippen molar-refractivity contribution in [1.82, 2.24) is 0 Å². The standard InChI is InChI=1S/C20H26N2O4/c1-4-25-18-9-11-19(12-10-18)26-14-13-22(2)15-20(23)21-16-5-7-17(24-3)8-6-16/h5-12H,4,13-15H2,1-3H3,(H,21,23)/p+1. The molecule has 0 aliphatic carbocycles. The molecule has 6 nitrogen and oxygen atoms in total. The molecule has 0 heterocycles. The molecule has 2 aromatic rings. The monoisotopic (exact) mass is 359 g/mol. The van der Waals surface area contributed by atoms with E-state index in [2.05, 4.69) is 5.32 Å². The molecule has 0 saturated carbocycles. The lowest BCUT2D eigenvalue weighted by molar-refractivity contribution is -0.871. The second-order valence-corrected chi connectivity index (χ2v) is 5.91. The van der Waals surface area contributed by atoms with Crippen LogP contribution in [0, 0.1) is 0 Å². The van der Waals surface area contributed by atoms with Gasteiger partial charge in [-0.3, -0.25) is 4.79 Å². The smallest absolute Gasteiger partial charge is 0.279 e. The number of rotatable bonds is 10. The molecular formula is C20H27N2O4+. The molecule has 0 bridgehead atoms. The molecule has 0 fully saturated rings. The summed E-state index contributed by atoms with van der Waals surface area (Å²) in [6.07, 6.45) is 0. The van der Waals surface area contributed by atoms with E-state index in [9.17, 15) is 4.79 Å². The molecule has 0 aliphatic heterocycles. The van der Waals surface area contributed by atoms with Crippen molar-refractivity contribution in [3.63, 3.8) is 0 Å².